The van der Waals surface area contributed by atoms with E-state index in [4.69, 9.17) is 9.72 Å². The minimum absolute atomic E-state index is 0.287. The number of benzene rings is 1. The fourth-order valence-electron chi connectivity index (χ4n) is 3.55. The van der Waals surface area contributed by atoms with Crippen LogP contribution in [0.25, 0.3) is 22.4 Å². The normalized spacial score (nSPS) is 11.0. The Labute approximate surface area is 189 Å². The summed E-state index contributed by atoms with van der Waals surface area (Å²) in [5.74, 6) is 0.390. The van der Waals surface area contributed by atoms with Crippen LogP contribution in [0, 0.1) is 0 Å². The molecule has 0 saturated heterocycles. The van der Waals surface area contributed by atoms with Gasteiger partial charge in [-0.05, 0) is 33.0 Å². The zero-order chi connectivity index (χ0) is 22.9. The average molecular weight is 437 g/mol. The summed E-state index contributed by atoms with van der Waals surface area (Å²) >= 11 is 0. The van der Waals surface area contributed by atoms with E-state index in [9.17, 15) is 4.79 Å². The lowest BCUT2D eigenvalue weighted by Crippen LogP contribution is -2.28. The summed E-state index contributed by atoms with van der Waals surface area (Å²) in [5, 5.41) is 2.71. The van der Waals surface area contributed by atoms with Crippen molar-refractivity contribution in [1.82, 2.24) is 19.9 Å². The van der Waals surface area contributed by atoms with Crippen molar-refractivity contribution in [2.75, 3.05) is 50.1 Å². The summed E-state index contributed by atoms with van der Waals surface area (Å²) in [4.78, 5) is 30.5. The molecule has 0 saturated carbocycles. The highest BCUT2D eigenvalue weighted by molar-refractivity contribution is 5.92. The smallest absolute Gasteiger partial charge is 0.412 e. The van der Waals surface area contributed by atoms with E-state index in [1.807, 2.05) is 43.4 Å². The van der Waals surface area contributed by atoms with Gasteiger partial charge in [0.1, 0.15) is 11.3 Å². The number of nitrogens with zero attached hydrogens (tertiary/aromatic N) is 5. The molecule has 1 amide bonds. The van der Waals surface area contributed by atoms with Crippen LogP contribution in [0.3, 0.4) is 0 Å². The molecule has 0 aliphatic rings. The molecule has 3 rings (SSSR count). The van der Waals surface area contributed by atoms with Crippen molar-refractivity contribution in [2.45, 2.75) is 27.2 Å². The Morgan fingerprint density at radius 3 is 2.50 bits per heavy atom. The van der Waals surface area contributed by atoms with Crippen LogP contribution in [0.15, 0.2) is 42.6 Å². The van der Waals surface area contributed by atoms with Crippen molar-refractivity contribution in [1.29, 1.82) is 0 Å². The fourth-order valence-corrected chi connectivity index (χ4v) is 3.55. The Bertz CT molecular complexity index is 1020. The molecule has 170 valence electrons. The lowest BCUT2D eigenvalue weighted by Gasteiger charge is -2.23. The molecule has 3 aromatic rings. The maximum absolute atomic E-state index is 12.0. The molecule has 0 bridgehead atoms. The third-order valence-corrected chi connectivity index (χ3v) is 5.35. The summed E-state index contributed by atoms with van der Waals surface area (Å²) in [6.45, 7) is 10.4. The molecule has 8 nitrogen and oxygen atoms in total. The zero-order valence-corrected chi connectivity index (χ0v) is 19.3. The number of anilines is 2. The van der Waals surface area contributed by atoms with Gasteiger partial charge in [0.15, 0.2) is 5.65 Å². The van der Waals surface area contributed by atoms with Crippen molar-refractivity contribution in [3.05, 3.63) is 42.6 Å². The number of rotatable bonds is 10. The highest BCUT2D eigenvalue weighted by Crippen LogP contribution is 2.28. The SMILES string of the molecule is CCOC(=O)Nc1cc(N(C)CCCN(CC)CC)c2ncc(-c3ccccc3)nc2n1. The third kappa shape index (κ3) is 5.91. The summed E-state index contributed by atoms with van der Waals surface area (Å²) in [6.07, 6.45) is 2.24. The summed E-state index contributed by atoms with van der Waals surface area (Å²) < 4.78 is 5.02. The van der Waals surface area contributed by atoms with Gasteiger partial charge in [0.2, 0.25) is 0 Å². The molecule has 0 atom stereocenters. The predicted molar refractivity (Wildman–Crippen MR) is 129 cm³/mol. The van der Waals surface area contributed by atoms with Gasteiger partial charge >= 0.3 is 6.09 Å². The largest absolute Gasteiger partial charge is 0.450 e. The molecule has 2 aromatic heterocycles. The molecule has 2 heterocycles. The molecule has 0 spiro atoms. The summed E-state index contributed by atoms with van der Waals surface area (Å²) in [7, 11) is 2.03. The lowest BCUT2D eigenvalue weighted by molar-refractivity contribution is 0.168. The van der Waals surface area contributed by atoms with Gasteiger partial charge in [0.05, 0.1) is 24.2 Å². The fraction of sp³-hybridized carbons (Fsp3) is 0.417. The van der Waals surface area contributed by atoms with Crippen molar-refractivity contribution < 1.29 is 9.53 Å². The molecule has 0 aliphatic carbocycles. The van der Waals surface area contributed by atoms with Crippen molar-refractivity contribution in [3.8, 4) is 11.3 Å². The quantitative estimate of drug-likeness (QED) is 0.503. The van der Waals surface area contributed by atoms with Crippen molar-refractivity contribution in [3.63, 3.8) is 0 Å². The molecular formula is C24H32N6O2. The molecule has 0 fully saturated rings. The maximum atomic E-state index is 12.0. The summed E-state index contributed by atoms with van der Waals surface area (Å²) in [6, 6.07) is 11.7. The van der Waals surface area contributed by atoms with Gasteiger partial charge in [-0.2, -0.15) is 0 Å². The Balaban J connectivity index is 1.94. The van der Waals surface area contributed by atoms with Crippen LogP contribution >= 0.6 is 0 Å². The number of hydrogen-bond acceptors (Lipinski definition) is 7. The topological polar surface area (TPSA) is 83.5 Å². The molecule has 0 radical (unpaired) electrons. The molecular weight excluding hydrogens is 404 g/mol. The Hall–Kier alpha value is -3.26. The van der Waals surface area contributed by atoms with Crippen LogP contribution < -0.4 is 10.2 Å². The van der Waals surface area contributed by atoms with E-state index in [1.165, 1.54) is 0 Å². The van der Waals surface area contributed by atoms with E-state index in [-0.39, 0.29) is 6.61 Å². The van der Waals surface area contributed by atoms with Crippen molar-refractivity contribution in [2.24, 2.45) is 0 Å². The number of carbonyl (C=O) groups is 1. The average Bonchev–Trinajstić information content (AvgIpc) is 2.81. The first-order valence-electron chi connectivity index (χ1n) is 11.2. The number of pyridine rings is 1. The van der Waals surface area contributed by atoms with Gasteiger partial charge in [-0.3, -0.25) is 5.32 Å². The second-order valence-corrected chi connectivity index (χ2v) is 7.47. The number of ether oxygens (including phenoxy) is 1. The van der Waals surface area contributed by atoms with Gasteiger partial charge in [-0.1, -0.05) is 44.2 Å². The van der Waals surface area contributed by atoms with Gasteiger partial charge in [-0.15, -0.1) is 0 Å². The summed E-state index contributed by atoms with van der Waals surface area (Å²) in [5.41, 5.74) is 3.74. The van der Waals surface area contributed by atoms with E-state index < -0.39 is 6.09 Å². The van der Waals surface area contributed by atoms with Crippen LogP contribution in [-0.2, 0) is 4.74 Å². The minimum Gasteiger partial charge on any atom is -0.450 e. The molecule has 0 aliphatic heterocycles. The van der Waals surface area contributed by atoms with Crippen LogP contribution in [0.5, 0.6) is 0 Å². The van der Waals surface area contributed by atoms with E-state index >= 15 is 0 Å². The van der Waals surface area contributed by atoms with Crippen LogP contribution in [-0.4, -0.2) is 65.8 Å². The standard InChI is InChI=1S/C24H32N6O2/c1-5-30(6-2)15-11-14-29(4)20-16-21(28-24(31)32-7-3)27-23-22(20)25-17-19(26-23)18-12-9-8-10-13-18/h8-10,12-13,16-17H,5-7,11,14-15H2,1-4H3,(H,26,27,28,31). The minimum atomic E-state index is -0.540. The highest BCUT2D eigenvalue weighted by atomic mass is 16.5. The van der Waals surface area contributed by atoms with Crippen LogP contribution in [0.1, 0.15) is 27.2 Å². The third-order valence-electron chi connectivity index (χ3n) is 5.35. The second kappa shape index (κ2) is 11.4. The molecule has 1 aromatic carbocycles. The molecule has 0 unspecified atom stereocenters. The Morgan fingerprint density at radius 1 is 1.06 bits per heavy atom. The van der Waals surface area contributed by atoms with Crippen LogP contribution in [0.2, 0.25) is 0 Å². The maximum Gasteiger partial charge on any atom is 0.412 e. The zero-order valence-electron chi connectivity index (χ0n) is 19.3. The van der Waals surface area contributed by atoms with Crippen molar-refractivity contribution >= 4 is 28.8 Å². The van der Waals surface area contributed by atoms with Gasteiger partial charge < -0.3 is 14.5 Å². The number of amides is 1. The first kappa shape index (κ1) is 23.4. The predicted octanol–water partition coefficient (Wildman–Crippen LogP) is 4.43. The van der Waals surface area contributed by atoms with E-state index in [0.717, 1.165) is 49.5 Å². The van der Waals surface area contributed by atoms with Crippen LogP contribution in [0.4, 0.5) is 16.3 Å². The van der Waals surface area contributed by atoms with E-state index in [1.54, 1.807) is 13.1 Å². The highest BCUT2D eigenvalue weighted by Gasteiger charge is 2.15. The number of carbonyl (C=O) groups excluding carboxylic acids is 1. The van der Waals surface area contributed by atoms with Gasteiger partial charge in [0, 0.05) is 25.2 Å². The Morgan fingerprint density at radius 2 is 1.81 bits per heavy atom. The molecule has 8 heteroatoms. The van der Waals surface area contributed by atoms with Gasteiger partial charge in [-0.25, -0.2) is 19.7 Å². The monoisotopic (exact) mass is 436 g/mol. The second-order valence-electron chi connectivity index (χ2n) is 7.47. The number of fused-ring (bicyclic) bond motifs is 1. The van der Waals surface area contributed by atoms with E-state index in [0.29, 0.717) is 17.0 Å². The van der Waals surface area contributed by atoms with E-state index in [2.05, 4.69) is 38.9 Å². The number of aromatic nitrogens is 3. The first-order chi connectivity index (χ1) is 15.5. The first-order valence-corrected chi connectivity index (χ1v) is 11.2. The number of nitrogens with one attached hydrogen (secondary N) is 1. The Kier molecular flexibility index (Phi) is 8.33. The number of hydrogen-bond donors (Lipinski definition) is 1. The molecule has 1 N–H and O–H groups in total. The molecule has 32 heavy (non-hydrogen) atoms. The lowest BCUT2D eigenvalue weighted by atomic mass is 10.1. The van der Waals surface area contributed by atoms with Gasteiger partial charge in [0.25, 0.3) is 0 Å².